The van der Waals surface area contributed by atoms with Gasteiger partial charge in [0.2, 0.25) is 0 Å². The molecule has 1 unspecified atom stereocenters. The molecule has 0 amide bonds. The van der Waals surface area contributed by atoms with Crippen LogP contribution in [0.25, 0.3) is 0 Å². The summed E-state index contributed by atoms with van der Waals surface area (Å²) in [4.78, 5) is 0. The van der Waals surface area contributed by atoms with Gasteiger partial charge in [0.25, 0.3) is 0 Å². The first kappa shape index (κ1) is 31.7. The second kappa shape index (κ2) is 21.0. The minimum Gasteiger partial charge on any atom is -0.213 e. The zero-order valence-electron chi connectivity index (χ0n) is 13.0. The normalized spacial score (nSPS) is 13.1. The number of halogens is 4. The van der Waals surface area contributed by atoms with E-state index in [1.807, 2.05) is 54.6 Å². The van der Waals surface area contributed by atoms with Gasteiger partial charge < -0.3 is 17.3 Å². The number of nitrogens with zero attached hydrogens (tertiary/aromatic N) is 1. The van der Waals surface area contributed by atoms with Gasteiger partial charge in [-0.25, -0.2) is 5.06 Å². The smallest absolute Gasteiger partial charge is 0.0814 e. The van der Waals surface area contributed by atoms with Gasteiger partial charge in [-0.1, -0.05) is 47.7 Å². The number of hydroxylamine groups is 1. The van der Waals surface area contributed by atoms with Gasteiger partial charge in [0.1, 0.15) is 0 Å². The fourth-order valence-corrected chi connectivity index (χ4v) is 1.51. The zero-order valence-corrected chi connectivity index (χ0v) is 14.1. The van der Waals surface area contributed by atoms with Crippen LogP contribution in [0.1, 0.15) is 6.42 Å². The van der Waals surface area contributed by atoms with Crippen LogP contribution < -0.4 is 5.06 Å². The molecule has 26 heavy (non-hydrogen) atoms. The maximum Gasteiger partial charge on any atom is 0.0814 e. The predicted molar refractivity (Wildman–Crippen MR) is 78.3 cm³/mol. The van der Waals surface area contributed by atoms with Gasteiger partial charge in [-0.2, -0.15) is 0 Å². The first-order valence-electron chi connectivity index (χ1n) is 6.21. The average Bonchev–Trinajstić information content (AvgIpc) is 2.66. The molecule has 1 aliphatic carbocycles. The van der Waals surface area contributed by atoms with E-state index >= 15 is 0 Å². The van der Waals surface area contributed by atoms with E-state index in [0.29, 0.717) is 0 Å². The Labute approximate surface area is 159 Å². The molecule has 1 radical (unpaired) electrons. The molecule has 0 fully saturated rings. The number of allylic oxidation sites excluding steroid dienone is 2. The van der Waals surface area contributed by atoms with Crippen molar-refractivity contribution in [2.75, 3.05) is 5.06 Å². The summed E-state index contributed by atoms with van der Waals surface area (Å²) in [5.74, 6) is 0. The SMILES string of the molecule is F[B-](F)(F)F.[C-]#[O+].[C-]#[O+].[C-]#[O+].[Fe].[O]N(c1ccccc1)C1C=CC=CC1. The van der Waals surface area contributed by atoms with Crippen LogP contribution in [-0.2, 0) is 36.2 Å². The van der Waals surface area contributed by atoms with Gasteiger partial charge in [0.15, 0.2) is 0 Å². The number of benzene rings is 1. The predicted octanol–water partition coefficient (Wildman–Crippen LogP) is 3.91. The van der Waals surface area contributed by atoms with Crippen molar-refractivity contribution in [2.45, 2.75) is 12.5 Å². The van der Waals surface area contributed by atoms with Crippen molar-refractivity contribution >= 4 is 12.9 Å². The third-order valence-electron chi connectivity index (χ3n) is 2.27. The van der Waals surface area contributed by atoms with E-state index in [-0.39, 0.29) is 23.1 Å². The van der Waals surface area contributed by atoms with E-state index in [1.54, 1.807) is 0 Å². The summed E-state index contributed by atoms with van der Waals surface area (Å²) in [6.45, 7) is 13.5. The fraction of sp³-hybridized carbons (Fsp3) is 0.133. The molecule has 0 bridgehead atoms. The van der Waals surface area contributed by atoms with E-state index in [1.165, 1.54) is 0 Å². The first-order valence-corrected chi connectivity index (χ1v) is 6.21. The summed E-state index contributed by atoms with van der Waals surface area (Å²) in [5, 5.41) is 12.9. The number of anilines is 1. The molecule has 1 aromatic carbocycles. The molecule has 0 aromatic heterocycles. The Morgan fingerprint density at radius 3 is 1.69 bits per heavy atom. The zero-order chi connectivity index (χ0) is 20.3. The van der Waals surface area contributed by atoms with Crippen molar-refractivity contribution < 1.29 is 53.5 Å². The van der Waals surface area contributed by atoms with Crippen LogP contribution in [0.3, 0.4) is 0 Å². The topological polar surface area (TPSA) is 82.8 Å². The molecule has 1 aromatic rings. The minimum atomic E-state index is -6.00. The molecule has 0 aliphatic heterocycles. The van der Waals surface area contributed by atoms with Gasteiger partial charge in [0.05, 0.1) is 11.7 Å². The van der Waals surface area contributed by atoms with Crippen molar-refractivity contribution in [1.29, 1.82) is 0 Å². The molecule has 141 valence electrons. The second-order valence-corrected chi connectivity index (χ2v) is 3.77. The van der Waals surface area contributed by atoms with Crippen molar-refractivity contribution in [3.05, 3.63) is 74.6 Å². The van der Waals surface area contributed by atoms with Gasteiger partial charge in [-0.3, -0.25) is 0 Å². The molecule has 1 aliphatic rings. The molecule has 0 heterocycles. The quantitative estimate of drug-likeness (QED) is 0.238. The third kappa shape index (κ3) is 20.0. The number of hydrogen-bond donors (Lipinski definition) is 0. The molecular formula is C15H12BF4FeNO4-. The summed E-state index contributed by atoms with van der Waals surface area (Å²) in [6, 6.07) is 9.28. The van der Waals surface area contributed by atoms with Gasteiger partial charge in [0, 0.05) is 17.1 Å². The van der Waals surface area contributed by atoms with Crippen LogP contribution in [-0.4, -0.2) is 13.3 Å². The standard InChI is InChI=1S/C12H12NO.3CO.BF4.Fe/c14-13(11-7-3-1-4-8-11)12-9-5-2-6-10-12;3*1-2;2-1(3,4)5;/h1-9,12H,10H2;;;;;/q;;;;-1;. The van der Waals surface area contributed by atoms with Crippen molar-refractivity contribution in [2.24, 2.45) is 0 Å². The molecular weight excluding hydrogens is 401 g/mol. The van der Waals surface area contributed by atoms with Crippen LogP contribution in [0.4, 0.5) is 23.0 Å². The Kier molecular flexibility index (Phi) is 25.7. The van der Waals surface area contributed by atoms with E-state index in [4.69, 9.17) is 14.0 Å². The number of para-hydroxylation sites is 1. The third-order valence-corrected chi connectivity index (χ3v) is 2.27. The van der Waals surface area contributed by atoms with Gasteiger partial charge in [-0.05, 0) is 18.6 Å². The van der Waals surface area contributed by atoms with Crippen LogP contribution >= 0.6 is 0 Å². The Morgan fingerprint density at radius 2 is 1.35 bits per heavy atom. The maximum atomic E-state index is 11.8. The average molecular weight is 413 g/mol. The minimum absolute atomic E-state index is 0. The van der Waals surface area contributed by atoms with E-state index in [9.17, 15) is 22.5 Å². The van der Waals surface area contributed by atoms with Crippen LogP contribution in [0.15, 0.2) is 54.6 Å². The molecule has 0 spiro atoms. The Morgan fingerprint density at radius 1 is 0.923 bits per heavy atom. The maximum absolute atomic E-state index is 11.8. The van der Waals surface area contributed by atoms with Crippen LogP contribution in [0.2, 0.25) is 0 Å². The van der Waals surface area contributed by atoms with Crippen molar-refractivity contribution in [3.8, 4) is 0 Å². The Balaban J connectivity index is -0.000000172. The van der Waals surface area contributed by atoms with E-state index < -0.39 is 7.25 Å². The van der Waals surface area contributed by atoms with Crippen LogP contribution in [0, 0.1) is 20.0 Å². The van der Waals surface area contributed by atoms with Gasteiger partial charge >= 0.3 is 41.2 Å². The summed E-state index contributed by atoms with van der Waals surface area (Å²) >= 11 is 0. The fourth-order valence-electron chi connectivity index (χ4n) is 1.51. The van der Waals surface area contributed by atoms with E-state index in [0.717, 1.165) is 17.2 Å². The Hall–Kier alpha value is -2.02. The largest absolute Gasteiger partial charge is 0.213 e. The van der Waals surface area contributed by atoms with Crippen molar-refractivity contribution in [1.82, 2.24) is 0 Å². The Bertz CT molecular complexity index is 542. The molecule has 5 nitrogen and oxygen atoms in total. The van der Waals surface area contributed by atoms with Crippen LogP contribution in [0.5, 0.6) is 0 Å². The first-order chi connectivity index (χ1) is 11.9. The molecule has 1 atom stereocenters. The summed E-state index contributed by atoms with van der Waals surface area (Å²) < 4.78 is 61.5. The monoisotopic (exact) mass is 413 g/mol. The summed E-state index contributed by atoms with van der Waals surface area (Å²) in [6.07, 6.45) is 8.62. The molecule has 0 saturated carbocycles. The number of hydrogen-bond acceptors (Lipinski definition) is 1. The summed E-state index contributed by atoms with van der Waals surface area (Å²) in [7, 11) is -6.00. The number of rotatable bonds is 2. The molecule has 2 rings (SSSR count). The molecule has 0 N–H and O–H groups in total. The second-order valence-electron chi connectivity index (χ2n) is 3.77. The van der Waals surface area contributed by atoms with Gasteiger partial charge in [-0.15, -0.1) is 0 Å². The van der Waals surface area contributed by atoms with E-state index in [2.05, 4.69) is 20.0 Å². The van der Waals surface area contributed by atoms with Crippen molar-refractivity contribution in [3.63, 3.8) is 0 Å². The summed E-state index contributed by atoms with van der Waals surface area (Å²) in [5.41, 5.74) is 0.720. The molecule has 0 saturated heterocycles. The molecule has 11 heteroatoms.